The zero-order chi connectivity index (χ0) is 22.8. The van der Waals surface area contributed by atoms with Crippen LogP contribution in [0.2, 0.25) is 5.02 Å². The van der Waals surface area contributed by atoms with Crippen LogP contribution in [-0.4, -0.2) is 30.9 Å². The first-order valence-corrected chi connectivity index (χ1v) is 10.3. The molecule has 4 aromatic heterocycles. The van der Waals surface area contributed by atoms with Crippen molar-refractivity contribution in [3.8, 4) is 17.3 Å². The number of hydrogen-bond acceptors (Lipinski definition) is 7. The fourth-order valence-electron chi connectivity index (χ4n) is 3.27. The minimum atomic E-state index is -0.366. The molecular weight excluding hydrogens is 444 g/mol. The average molecular weight is 461 g/mol. The number of hydrogen-bond donors (Lipinski definition) is 4. The summed E-state index contributed by atoms with van der Waals surface area (Å²) in [7, 11) is 0. The number of aromatic amines is 1. The Hall–Kier alpha value is -4.37. The maximum atomic E-state index is 12.3. The third-order valence-corrected chi connectivity index (χ3v) is 5.24. The van der Waals surface area contributed by atoms with E-state index < -0.39 is 0 Å². The van der Waals surface area contributed by atoms with E-state index in [1.54, 1.807) is 48.7 Å². The zero-order valence-corrected chi connectivity index (χ0v) is 17.8. The van der Waals surface area contributed by atoms with Gasteiger partial charge in [0.25, 0.3) is 5.91 Å². The number of rotatable bonds is 6. The number of halogens is 1. The Labute approximate surface area is 192 Å². The number of benzene rings is 1. The summed E-state index contributed by atoms with van der Waals surface area (Å²) >= 11 is 6.40. The Balaban J connectivity index is 1.38. The Morgan fingerprint density at radius 2 is 2.03 bits per heavy atom. The molecule has 1 aromatic carbocycles. The second-order valence-corrected chi connectivity index (χ2v) is 7.55. The van der Waals surface area contributed by atoms with Crippen LogP contribution in [0.3, 0.4) is 0 Å². The molecule has 0 spiro atoms. The van der Waals surface area contributed by atoms with Crippen molar-refractivity contribution >= 4 is 40.0 Å². The Kier molecular flexibility index (Phi) is 5.37. The summed E-state index contributed by atoms with van der Waals surface area (Å²) in [5, 5.41) is 16.3. The highest BCUT2D eigenvalue weighted by Gasteiger charge is 2.14. The molecule has 33 heavy (non-hydrogen) atoms. The molecule has 4 heterocycles. The largest absolute Gasteiger partial charge is 0.493 e. The molecule has 9 nitrogen and oxygen atoms in total. The number of H-pyrrole nitrogens is 1. The maximum absolute atomic E-state index is 12.3. The van der Waals surface area contributed by atoms with Gasteiger partial charge in [-0.2, -0.15) is 0 Å². The van der Waals surface area contributed by atoms with Crippen LogP contribution in [0.1, 0.15) is 16.1 Å². The van der Waals surface area contributed by atoms with E-state index >= 15 is 0 Å². The number of furan rings is 1. The molecule has 0 fully saturated rings. The van der Waals surface area contributed by atoms with Gasteiger partial charge in [-0.05, 0) is 42.5 Å². The number of carbonyl (C=O) groups is 1. The number of fused-ring (bicyclic) bond motifs is 1. The van der Waals surface area contributed by atoms with Gasteiger partial charge in [-0.25, -0.2) is 15.0 Å². The van der Waals surface area contributed by atoms with Gasteiger partial charge in [-0.3, -0.25) is 4.79 Å². The number of anilines is 2. The monoisotopic (exact) mass is 460 g/mol. The minimum Gasteiger partial charge on any atom is -0.493 e. The molecule has 164 valence electrons. The van der Waals surface area contributed by atoms with E-state index in [1.165, 1.54) is 12.5 Å². The Morgan fingerprint density at radius 1 is 1.12 bits per heavy atom. The molecule has 0 atom stereocenters. The number of nitrogens with zero attached hydrogens (tertiary/aromatic N) is 3. The number of aromatic nitrogens is 4. The van der Waals surface area contributed by atoms with Crippen LogP contribution in [0.25, 0.3) is 22.6 Å². The quantitative estimate of drug-likeness (QED) is 0.285. The summed E-state index contributed by atoms with van der Waals surface area (Å²) in [4.78, 5) is 28.3. The summed E-state index contributed by atoms with van der Waals surface area (Å²) in [6.45, 7) is 0.386. The molecule has 4 N–H and O–H groups in total. The first-order valence-electron chi connectivity index (χ1n) is 9.94. The van der Waals surface area contributed by atoms with Crippen molar-refractivity contribution in [2.75, 3.05) is 10.6 Å². The normalized spacial score (nSPS) is 10.9. The topological polar surface area (TPSA) is 129 Å². The SMILES string of the molecule is O=C(Nc1ccc(Cl)c(-c2nc3ncc(NCc4cccnc4O)cc3[nH]2)c1)c1ccco1. The first-order chi connectivity index (χ1) is 16.1. The van der Waals surface area contributed by atoms with Crippen LogP contribution in [0, 0.1) is 0 Å². The number of nitrogens with one attached hydrogen (secondary N) is 3. The second-order valence-electron chi connectivity index (χ2n) is 7.15. The molecule has 0 radical (unpaired) electrons. The molecule has 5 rings (SSSR count). The molecular formula is C23H17ClN6O3. The van der Waals surface area contributed by atoms with Crippen LogP contribution < -0.4 is 10.6 Å². The van der Waals surface area contributed by atoms with E-state index in [2.05, 4.69) is 30.6 Å². The highest BCUT2D eigenvalue weighted by molar-refractivity contribution is 6.33. The van der Waals surface area contributed by atoms with Crippen molar-refractivity contribution in [2.45, 2.75) is 6.54 Å². The van der Waals surface area contributed by atoms with Crippen LogP contribution >= 0.6 is 11.6 Å². The third kappa shape index (κ3) is 4.35. The van der Waals surface area contributed by atoms with Crippen LogP contribution in [0.15, 0.2) is 71.6 Å². The third-order valence-electron chi connectivity index (χ3n) is 4.91. The van der Waals surface area contributed by atoms with Crippen molar-refractivity contribution in [1.82, 2.24) is 19.9 Å². The lowest BCUT2D eigenvalue weighted by molar-refractivity contribution is 0.0996. The van der Waals surface area contributed by atoms with Crippen molar-refractivity contribution in [2.24, 2.45) is 0 Å². The van der Waals surface area contributed by atoms with E-state index in [-0.39, 0.29) is 17.5 Å². The van der Waals surface area contributed by atoms with Crippen LogP contribution in [0.5, 0.6) is 5.88 Å². The van der Waals surface area contributed by atoms with Gasteiger partial charge < -0.3 is 25.1 Å². The molecule has 5 aromatic rings. The van der Waals surface area contributed by atoms with Crippen molar-refractivity contribution in [1.29, 1.82) is 0 Å². The number of amides is 1. The van der Waals surface area contributed by atoms with Gasteiger partial charge in [-0.1, -0.05) is 17.7 Å². The van der Waals surface area contributed by atoms with Gasteiger partial charge in [0.1, 0.15) is 5.82 Å². The zero-order valence-electron chi connectivity index (χ0n) is 17.0. The van der Waals surface area contributed by atoms with Crippen molar-refractivity contribution in [3.05, 3.63) is 83.5 Å². The van der Waals surface area contributed by atoms with E-state index in [9.17, 15) is 9.90 Å². The molecule has 0 unspecified atom stereocenters. The van der Waals surface area contributed by atoms with E-state index in [4.69, 9.17) is 16.0 Å². The van der Waals surface area contributed by atoms with Crippen molar-refractivity contribution < 1.29 is 14.3 Å². The van der Waals surface area contributed by atoms with Crippen molar-refractivity contribution in [3.63, 3.8) is 0 Å². The lowest BCUT2D eigenvalue weighted by atomic mass is 10.2. The van der Waals surface area contributed by atoms with Crippen LogP contribution in [0.4, 0.5) is 11.4 Å². The van der Waals surface area contributed by atoms with E-state index in [1.807, 2.05) is 6.07 Å². The van der Waals surface area contributed by atoms with E-state index in [0.717, 1.165) is 5.69 Å². The number of imidazole rings is 1. The van der Waals surface area contributed by atoms with Gasteiger partial charge in [-0.15, -0.1) is 0 Å². The highest BCUT2D eigenvalue weighted by Crippen LogP contribution is 2.30. The molecule has 0 saturated carbocycles. The highest BCUT2D eigenvalue weighted by atomic mass is 35.5. The van der Waals surface area contributed by atoms with Crippen LogP contribution in [-0.2, 0) is 6.54 Å². The summed E-state index contributed by atoms with van der Waals surface area (Å²) in [6, 6.07) is 13.7. The summed E-state index contributed by atoms with van der Waals surface area (Å²) < 4.78 is 5.12. The molecule has 10 heteroatoms. The Bertz CT molecular complexity index is 1450. The molecule has 0 aliphatic carbocycles. The smallest absolute Gasteiger partial charge is 0.291 e. The van der Waals surface area contributed by atoms with Gasteiger partial charge >= 0.3 is 0 Å². The molecule has 0 saturated heterocycles. The van der Waals surface area contributed by atoms with E-state index in [0.29, 0.717) is 45.4 Å². The fraction of sp³-hybridized carbons (Fsp3) is 0.0435. The minimum absolute atomic E-state index is 0.0171. The maximum Gasteiger partial charge on any atom is 0.291 e. The Morgan fingerprint density at radius 3 is 2.85 bits per heavy atom. The summed E-state index contributed by atoms with van der Waals surface area (Å²) in [5.74, 6) is 0.337. The predicted octanol–water partition coefficient (Wildman–Crippen LogP) is 4.84. The fourth-order valence-corrected chi connectivity index (χ4v) is 3.48. The number of aromatic hydroxyl groups is 1. The average Bonchev–Trinajstić information content (AvgIpc) is 3.50. The van der Waals surface area contributed by atoms with Gasteiger partial charge in [0.2, 0.25) is 5.88 Å². The molecule has 0 aliphatic heterocycles. The summed E-state index contributed by atoms with van der Waals surface area (Å²) in [6.07, 6.45) is 4.62. The second kappa shape index (κ2) is 8.64. The number of pyridine rings is 2. The predicted molar refractivity (Wildman–Crippen MR) is 124 cm³/mol. The van der Waals surface area contributed by atoms with Gasteiger partial charge in [0.15, 0.2) is 11.4 Å². The summed E-state index contributed by atoms with van der Waals surface area (Å²) in [5.41, 5.74) is 3.78. The van der Waals surface area contributed by atoms with Gasteiger partial charge in [0.05, 0.1) is 28.7 Å². The lowest BCUT2D eigenvalue weighted by Crippen LogP contribution is -2.10. The lowest BCUT2D eigenvalue weighted by Gasteiger charge is -2.07. The molecule has 1 amide bonds. The molecule has 0 bridgehead atoms. The van der Waals surface area contributed by atoms with Gasteiger partial charge in [0, 0.05) is 29.6 Å². The standard InChI is InChI=1S/C23H17ClN6O3/c24-17-6-5-14(28-23(32)19-4-2-8-33-19)9-16(17)20-29-18-10-15(12-27-21(18)30-20)26-11-13-3-1-7-25-22(13)31/h1-10,12,26H,11H2,(H,25,31)(H,28,32)(H,27,29,30). The first kappa shape index (κ1) is 20.5. The number of carbonyl (C=O) groups excluding carboxylic acids is 1. The molecule has 0 aliphatic rings.